The van der Waals surface area contributed by atoms with E-state index in [0.717, 1.165) is 0 Å². The van der Waals surface area contributed by atoms with E-state index < -0.39 is 66.6 Å². The minimum absolute atomic E-state index is 0.0860. The van der Waals surface area contributed by atoms with Crippen molar-refractivity contribution in [2.45, 2.75) is 102 Å². The molecule has 8 atom stereocenters. The number of esters is 2. The SMILES string of the molecule is CC(=O)OCC1OC(OCC2OC3OC(C)(C)OC3C3OC(C)(C)OC23)C=CC1OC(C)=O. The lowest BCUT2D eigenvalue weighted by molar-refractivity contribution is -0.259. The van der Waals surface area contributed by atoms with Crippen molar-refractivity contribution in [1.29, 1.82) is 0 Å². The zero-order valence-corrected chi connectivity index (χ0v) is 19.7. The maximum atomic E-state index is 11.4. The van der Waals surface area contributed by atoms with Crippen molar-refractivity contribution < 1.29 is 52.2 Å². The van der Waals surface area contributed by atoms with Crippen LogP contribution in [0.4, 0.5) is 0 Å². The lowest BCUT2D eigenvalue weighted by Crippen LogP contribution is -2.56. The summed E-state index contributed by atoms with van der Waals surface area (Å²) in [5.74, 6) is -2.56. The smallest absolute Gasteiger partial charge is 0.303 e. The molecule has 3 fully saturated rings. The van der Waals surface area contributed by atoms with Crippen LogP contribution in [0, 0.1) is 0 Å². The number of ether oxygens (including phenoxy) is 9. The molecule has 186 valence electrons. The second-order valence-corrected chi connectivity index (χ2v) is 9.35. The molecule has 11 heteroatoms. The highest BCUT2D eigenvalue weighted by molar-refractivity contribution is 5.66. The van der Waals surface area contributed by atoms with Crippen LogP contribution < -0.4 is 0 Å². The van der Waals surface area contributed by atoms with Gasteiger partial charge in [-0.1, -0.05) is 0 Å². The largest absolute Gasteiger partial charge is 0.463 e. The first-order valence-corrected chi connectivity index (χ1v) is 11.1. The first-order chi connectivity index (χ1) is 15.4. The predicted octanol–water partition coefficient (Wildman–Crippen LogP) is 1.18. The van der Waals surface area contributed by atoms with E-state index in [1.807, 2.05) is 27.7 Å². The Balaban J connectivity index is 1.41. The molecule has 4 aliphatic heterocycles. The first kappa shape index (κ1) is 24.5. The summed E-state index contributed by atoms with van der Waals surface area (Å²) in [6.45, 7) is 9.92. The van der Waals surface area contributed by atoms with Gasteiger partial charge in [-0.2, -0.15) is 0 Å². The Morgan fingerprint density at radius 3 is 2.15 bits per heavy atom. The number of carbonyl (C=O) groups excluding carboxylic acids is 2. The molecule has 0 N–H and O–H groups in total. The van der Waals surface area contributed by atoms with E-state index in [0.29, 0.717) is 0 Å². The molecule has 4 rings (SSSR count). The van der Waals surface area contributed by atoms with Gasteiger partial charge < -0.3 is 42.6 Å². The number of fused-ring (bicyclic) bond motifs is 3. The van der Waals surface area contributed by atoms with Crippen molar-refractivity contribution in [3.63, 3.8) is 0 Å². The van der Waals surface area contributed by atoms with Crippen molar-refractivity contribution >= 4 is 11.9 Å². The van der Waals surface area contributed by atoms with Gasteiger partial charge in [0.25, 0.3) is 0 Å². The molecule has 0 bridgehead atoms. The van der Waals surface area contributed by atoms with E-state index in [9.17, 15) is 9.59 Å². The van der Waals surface area contributed by atoms with Crippen LogP contribution in [0.5, 0.6) is 0 Å². The molecular formula is C22H32O11. The Morgan fingerprint density at radius 2 is 1.45 bits per heavy atom. The van der Waals surface area contributed by atoms with E-state index in [4.69, 9.17) is 42.6 Å². The molecule has 0 aliphatic carbocycles. The van der Waals surface area contributed by atoms with E-state index in [2.05, 4.69) is 0 Å². The normalized spacial score (nSPS) is 40.7. The summed E-state index contributed by atoms with van der Waals surface area (Å²) in [6, 6.07) is 0. The Kier molecular flexibility index (Phi) is 6.85. The topological polar surface area (TPSA) is 117 Å². The molecule has 11 nitrogen and oxygen atoms in total. The molecular weight excluding hydrogens is 440 g/mol. The zero-order chi connectivity index (χ0) is 24.0. The van der Waals surface area contributed by atoms with Gasteiger partial charge >= 0.3 is 11.9 Å². The quantitative estimate of drug-likeness (QED) is 0.410. The van der Waals surface area contributed by atoms with Crippen LogP contribution in [0.15, 0.2) is 12.2 Å². The molecule has 3 saturated heterocycles. The van der Waals surface area contributed by atoms with Gasteiger partial charge in [-0.25, -0.2) is 0 Å². The van der Waals surface area contributed by atoms with E-state index in [1.54, 1.807) is 12.2 Å². The number of hydrogen-bond donors (Lipinski definition) is 0. The Morgan fingerprint density at radius 1 is 0.788 bits per heavy atom. The number of rotatable bonds is 6. The fourth-order valence-corrected chi connectivity index (χ4v) is 4.37. The van der Waals surface area contributed by atoms with Gasteiger partial charge in [-0.05, 0) is 39.8 Å². The van der Waals surface area contributed by atoms with Crippen LogP contribution in [-0.4, -0.2) is 85.9 Å². The molecule has 0 saturated carbocycles. The molecule has 4 aliphatic rings. The van der Waals surface area contributed by atoms with E-state index in [-0.39, 0.29) is 19.3 Å². The predicted molar refractivity (Wildman–Crippen MR) is 108 cm³/mol. The van der Waals surface area contributed by atoms with Crippen LogP contribution >= 0.6 is 0 Å². The van der Waals surface area contributed by atoms with Crippen molar-refractivity contribution in [2.75, 3.05) is 13.2 Å². The van der Waals surface area contributed by atoms with Crippen LogP contribution in [0.25, 0.3) is 0 Å². The van der Waals surface area contributed by atoms with Gasteiger partial charge in [-0.3, -0.25) is 9.59 Å². The fourth-order valence-electron chi connectivity index (χ4n) is 4.37. The third-order valence-electron chi connectivity index (χ3n) is 5.56. The highest BCUT2D eigenvalue weighted by Gasteiger charge is 2.60. The Hall–Kier alpha value is -1.60. The van der Waals surface area contributed by atoms with Gasteiger partial charge in [0.2, 0.25) is 0 Å². The summed E-state index contributed by atoms with van der Waals surface area (Å²) in [4.78, 5) is 22.6. The van der Waals surface area contributed by atoms with Gasteiger partial charge in [0.1, 0.15) is 43.2 Å². The van der Waals surface area contributed by atoms with Gasteiger partial charge in [0, 0.05) is 13.8 Å². The minimum atomic E-state index is -0.810. The van der Waals surface area contributed by atoms with Crippen LogP contribution in [0.2, 0.25) is 0 Å². The summed E-state index contributed by atoms with van der Waals surface area (Å²) >= 11 is 0. The van der Waals surface area contributed by atoms with Gasteiger partial charge in [0.05, 0.1) is 6.61 Å². The Bertz CT molecular complexity index is 778. The van der Waals surface area contributed by atoms with Crippen LogP contribution in [0.1, 0.15) is 41.5 Å². The standard InChI is InChI=1S/C22H32O11/c1-11(23)25-9-14-13(27-12(2)24)7-8-16(28-14)26-10-15-17-18(31-21(3,4)30-17)19-20(29-15)33-22(5,6)32-19/h7-8,13-20H,9-10H2,1-6H3. The van der Waals surface area contributed by atoms with Crippen molar-refractivity contribution in [3.05, 3.63) is 12.2 Å². The maximum Gasteiger partial charge on any atom is 0.303 e. The van der Waals surface area contributed by atoms with E-state index >= 15 is 0 Å². The maximum absolute atomic E-state index is 11.4. The third kappa shape index (κ3) is 5.73. The molecule has 4 heterocycles. The first-order valence-electron chi connectivity index (χ1n) is 11.1. The van der Waals surface area contributed by atoms with Crippen LogP contribution in [-0.2, 0) is 52.2 Å². The molecule has 0 aromatic carbocycles. The van der Waals surface area contributed by atoms with Crippen molar-refractivity contribution in [1.82, 2.24) is 0 Å². The van der Waals surface area contributed by atoms with Crippen LogP contribution in [0.3, 0.4) is 0 Å². The highest BCUT2D eigenvalue weighted by Crippen LogP contribution is 2.44. The third-order valence-corrected chi connectivity index (χ3v) is 5.56. The lowest BCUT2D eigenvalue weighted by Gasteiger charge is -2.38. The second kappa shape index (κ2) is 9.21. The molecule has 33 heavy (non-hydrogen) atoms. The molecule has 8 unspecified atom stereocenters. The molecule has 0 radical (unpaired) electrons. The molecule has 0 spiro atoms. The van der Waals surface area contributed by atoms with Crippen molar-refractivity contribution in [2.24, 2.45) is 0 Å². The van der Waals surface area contributed by atoms with Crippen molar-refractivity contribution in [3.8, 4) is 0 Å². The summed E-state index contributed by atoms with van der Waals surface area (Å²) < 4.78 is 52.3. The minimum Gasteiger partial charge on any atom is -0.463 e. The molecule has 0 amide bonds. The van der Waals surface area contributed by atoms with Gasteiger partial charge in [-0.15, -0.1) is 0 Å². The number of carbonyl (C=O) groups is 2. The molecule has 0 aromatic rings. The fraction of sp³-hybridized carbons (Fsp3) is 0.818. The summed E-state index contributed by atoms with van der Waals surface area (Å²) in [7, 11) is 0. The average Bonchev–Trinajstić information content (AvgIpc) is 3.19. The highest BCUT2D eigenvalue weighted by atomic mass is 16.9. The molecule has 0 aromatic heterocycles. The lowest BCUT2D eigenvalue weighted by atomic mass is 9.99. The second-order valence-electron chi connectivity index (χ2n) is 9.35. The summed E-state index contributed by atoms with van der Waals surface area (Å²) in [5, 5.41) is 0. The number of hydrogen-bond acceptors (Lipinski definition) is 11. The zero-order valence-electron chi connectivity index (χ0n) is 19.7. The average molecular weight is 472 g/mol. The summed E-state index contributed by atoms with van der Waals surface area (Å²) in [6.07, 6.45) is -1.28. The Labute approximate surface area is 192 Å². The summed E-state index contributed by atoms with van der Waals surface area (Å²) in [5.41, 5.74) is 0. The monoisotopic (exact) mass is 472 g/mol. The van der Waals surface area contributed by atoms with E-state index in [1.165, 1.54) is 13.8 Å². The van der Waals surface area contributed by atoms with Gasteiger partial charge in [0.15, 0.2) is 24.2 Å².